The van der Waals surface area contributed by atoms with Gasteiger partial charge in [-0.25, -0.2) is 4.79 Å². The molecule has 0 aromatic heterocycles. The summed E-state index contributed by atoms with van der Waals surface area (Å²) < 4.78 is 78.1. The topological polar surface area (TPSA) is 54.4 Å². The van der Waals surface area contributed by atoms with Crippen LogP contribution in [-0.2, 0) is 12.4 Å². The molecule has 0 atom stereocenters. The molecule has 0 amide bonds. The summed E-state index contributed by atoms with van der Waals surface area (Å²) in [4.78, 5) is 21.9. The average Bonchev–Trinajstić information content (AvgIpc) is 2.42. The number of aromatic carboxylic acids is 1. The standard InChI is InChI=1S/C14H6F6O3/c15-13(16,17)9-1-2-10(14(18,19)20)11-7(9)3-6(5-21)4-8(11)12(22)23/h1-5H,(H,22,23). The van der Waals surface area contributed by atoms with Crippen LogP contribution >= 0.6 is 0 Å². The number of aldehydes is 1. The molecule has 0 aliphatic rings. The first-order chi connectivity index (χ1) is 10.5. The van der Waals surface area contributed by atoms with Gasteiger partial charge < -0.3 is 5.11 Å². The monoisotopic (exact) mass is 336 g/mol. The molecule has 1 N–H and O–H groups in total. The minimum Gasteiger partial charge on any atom is -0.478 e. The number of hydrogen-bond donors (Lipinski definition) is 1. The fraction of sp³-hybridized carbons (Fsp3) is 0.143. The minimum atomic E-state index is -5.06. The SMILES string of the molecule is O=Cc1cc(C(=O)O)c2c(C(F)(F)F)ccc(C(F)(F)F)c2c1. The minimum absolute atomic E-state index is 0.0618. The molecule has 0 fully saturated rings. The Morgan fingerprint density at radius 2 is 1.48 bits per heavy atom. The van der Waals surface area contributed by atoms with Crippen LogP contribution in [0.25, 0.3) is 10.8 Å². The van der Waals surface area contributed by atoms with Crippen molar-refractivity contribution < 1.29 is 41.0 Å². The number of benzene rings is 2. The number of carbonyl (C=O) groups excluding carboxylic acids is 1. The van der Waals surface area contributed by atoms with Crippen molar-refractivity contribution in [2.45, 2.75) is 12.4 Å². The van der Waals surface area contributed by atoms with Gasteiger partial charge in [-0.2, -0.15) is 26.3 Å². The van der Waals surface area contributed by atoms with Gasteiger partial charge in [-0.05, 0) is 29.7 Å². The fourth-order valence-electron chi connectivity index (χ4n) is 2.23. The number of carboxylic acid groups (broad SMARTS) is 1. The molecule has 2 aromatic carbocycles. The summed E-state index contributed by atoms with van der Waals surface area (Å²) in [6, 6.07) is 1.59. The lowest BCUT2D eigenvalue weighted by Crippen LogP contribution is -2.13. The third kappa shape index (κ3) is 2.99. The quantitative estimate of drug-likeness (QED) is 0.654. The van der Waals surface area contributed by atoms with E-state index in [1.165, 1.54) is 0 Å². The summed E-state index contributed by atoms with van der Waals surface area (Å²) in [5.74, 6) is -1.87. The summed E-state index contributed by atoms with van der Waals surface area (Å²) in [5.41, 5.74) is -4.47. The molecule has 23 heavy (non-hydrogen) atoms. The van der Waals surface area contributed by atoms with E-state index in [4.69, 9.17) is 5.11 Å². The van der Waals surface area contributed by atoms with Gasteiger partial charge in [0, 0.05) is 10.9 Å². The molecule has 0 bridgehead atoms. The van der Waals surface area contributed by atoms with E-state index in [0.717, 1.165) is 0 Å². The first-order valence-electron chi connectivity index (χ1n) is 5.90. The molecule has 2 aromatic rings. The highest BCUT2D eigenvalue weighted by molar-refractivity contribution is 6.08. The van der Waals surface area contributed by atoms with Gasteiger partial charge >= 0.3 is 18.3 Å². The zero-order chi connectivity index (χ0) is 17.6. The van der Waals surface area contributed by atoms with Gasteiger partial charge in [-0.3, -0.25) is 4.79 Å². The lowest BCUT2D eigenvalue weighted by Gasteiger charge is -2.17. The van der Waals surface area contributed by atoms with E-state index in [-0.39, 0.29) is 18.4 Å². The number of carbonyl (C=O) groups is 2. The summed E-state index contributed by atoms with van der Waals surface area (Å²) in [6.07, 6.45) is -10.0. The second-order valence-corrected chi connectivity index (χ2v) is 4.57. The molecular weight excluding hydrogens is 330 g/mol. The highest BCUT2D eigenvalue weighted by Gasteiger charge is 2.39. The first kappa shape index (κ1) is 16.8. The molecule has 0 saturated heterocycles. The normalized spacial score (nSPS) is 12.4. The molecule has 0 saturated carbocycles. The molecule has 0 aliphatic heterocycles. The van der Waals surface area contributed by atoms with Crippen LogP contribution in [0.2, 0.25) is 0 Å². The van der Waals surface area contributed by atoms with Gasteiger partial charge in [0.15, 0.2) is 0 Å². The largest absolute Gasteiger partial charge is 0.478 e. The Labute approximate surface area is 124 Å². The van der Waals surface area contributed by atoms with Gasteiger partial charge in [0.25, 0.3) is 0 Å². The van der Waals surface area contributed by atoms with Crippen molar-refractivity contribution in [1.82, 2.24) is 0 Å². The van der Waals surface area contributed by atoms with Crippen LogP contribution in [0.1, 0.15) is 31.8 Å². The van der Waals surface area contributed by atoms with Crippen LogP contribution in [0.4, 0.5) is 26.3 Å². The molecular formula is C14H6F6O3. The number of fused-ring (bicyclic) bond motifs is 1. The Morgan fingerprint density at radius 3 is 1.91 bits per heavy atom. The van der Waals surface area contributed by atoms with E-state index in [1.54, 1.807) is 0 Å². The molecule has 122 valence electrons. The number of rotatable bonds is 2. The van der Waals surface area contributed by atoms with Gasteiger partial charge in [0.1, 0.15) is 6.29 Å². The highest BCUT2D eigenvalue weighted by Crippen LogP contribution is 2.42. The second-order valence-electron chi connectivity index (χ2n) is 4.57. The molecule has 0 spiro atoms. The first-order valence-corrected chi connectivity index (χ1v) is 5.90. The van der Waals surface area contributed by atoms with Crippen molar-refractivity contribution >= 4 is 23.0 Å². The predicted octanol–water partition coefficient (Wildman–Crippen LogP) is 4.39. The van der Waals surface area contributed by atoms with E-state index in [2.05, 4.69) is 0 Å². The number of alkyl halides is 6. The third-order valence-electron chi connectivity index (χ3n) is 3.11. The molecule has 0 aliphatic carbocycles. The Bertz CT molecular complexity index is 805. The zero-order valence-corrected chi connectivity index (χ0v) is 10.9. The summed E-state index contributed by atoms with van der Waals surface area (Å²) in [5, 5.41) is 6.92. The molecule has 3 nitrogen and oxygen atoms in total. The number of halogens is 6. The van der Waals surface area contributed by atoms with Crippen LogP contribution in [0.3, 0.4) is 0 Å². The van der Waals surface area contributed by atoms with E-state index in [1.807, 2.05) is 0 Å². The maximum absolute atomic E-state index is 13.0. The average molecular weight is 336 g/mol. The van der Waals surface area contributed by atoms with Crippen molar-refractivity contribution in [2.24, 2.45) is 0 Å². The Morgan fingerprint density at radius 1 is 0.957 bits per heavy atom. The summed E-state index contributed by atoms with van der Waals surface area (Å²) in [6.45, 7) is 0. The molecule has 0 radical (unpaired) electrons. The van der Waals surface area contributed by atoms with Crippen LogP contribution in [0.5, 0.6) is 0 Å². The number of hydrogen-bond acceptors (Lipinski definition) is 2. The van der Waals surface area contributed by atoms with Crippen molar-refractivity contribution in [1.29, 1.82) is 0 Å². The van der Waals surface area contributed by atoms with Gasteiger partial charge in [-0.1, -0.05) is 0 Å². The van der Waals surface area contributed by atoms with Crippen molar-refractivity contribution in [3.8, 4) is 0 Å². The van der Waals surface area contributed by atoms with Crippen LogP contribution in [0.15, 0.2) is 24.3 Å². The molecule has 9 heteroatoms. The van der Waals surface area contributed by atoms with Crippen LogP contribution in [-0.4, -0.2) is 17.4 Å². The zero-order valence-electron chi connectivity index (χ0n) is 10.9. The lowest BCUT2D eigenvalue weighted by atomic mass is 9.93. The van der Waals surface area contributed by atoms with Crippen molar-refractivity contribution in [3.05, 3.63) is 46.5 Å². The van der Waals surface area contributed by atoms with E-state index < -0.39 is 51.3 Å². The van der Waals surface area contributed by atoms with Gasteiger partial charge in [-0.15, -0.1) is 0 Å². The van der Waals surface area contributed by atoms with E-state index in [0.29, 0.717) is 12.1 Å². The van der Waals surface area contributed by atoms with Crippen molar-refractivity contribution in [2.75, 3.05) is 0 Å². The Balaban J connectivity index is 3.10. The maximum Gasteiger partial charge on any atom is 0.417 e. The smallest absolute Gasteiger partial charge is 0.417 e. The maximum atomic E-state index is 13.0. The summed E-state index contributed by atoms with van der Waals surface area (Å²) in [7, 11) is 0. The van der Waals surface area contributed by atoms with E-state index in [9.17, 15) is 35.9 Å². The van der Waals surface area contributed by atoms with Crippen molar-refractivity contribution in [3.63, 3.8) is 0 Å². The fourth-order valence-corrected chi connectivity index (χ4v) is 2.23. The van der Waals surface area contributed by atoms with Gasteiger partial charge in [0.05, 0.1) is 16.7 Å². The lowest BCUT2D eigenvalue weighted by molar-refractivity contribution is -0.139. The van der Waals surface area contributed by atoms with Gasteiger partial charge in [0.2, 0.25) is 0 Å². The van der Waals surface area contributed by atoms with E-state index >= 15 is 0 Å². The molecule has 2 rings (SSSR count). The Hall–Kier alpha value is -2.58. The highest BCUT2D eigenvalue weighted by atomic mass is 19.4. The van der Waals surface area contributed by atoms with Crippen LogP contribution in [0, 0.1) is 0 Å². The molecule has 0 unspecified atom stereocenters. The summed E-state index contributed by atoms with van der Waals surface area (Å²) >= 11 is 0. The predicted molar refractivity (Wildman–Crippen MR) is 66.3 cm³/mol. The van der Waals surface area contributed by atoms with Crippen LogP contribution < -0.4 is 0 Å². The Kier molecular flexibility index (Phi) is 3.83. The molecule has 0 heterocycles. The number of carboxylic acids is 1. The second kappa shape index (κ2) is 5.25. The third-order valence-corrected chi connectivity index (χ3v) is 3.11.